The number of nitrogens with one attached hydrogen (secondary N) is 1. The molecule has 0 amide bonds. The molecule has 1 aliphatic rings. The van der Waals surface area contributed by atoms with E-state index < -0.39 is 0 Å². The molecule has 3 heteroatoms. The van der Waals surface area contributed by atoms with E-state index in [1.807, 2.05) is 12.3 Å². The molecule has 0 fully saturated rings. The highest BCUT2D eigenvalue weighted by Gasteiger charge is 2.19. The van der Waals surface area contributed by atoms with E-state index in [1.165, 1.54) is 24.0 Å². The molecule has 1 unspecified atom stereocenters. The number of aryl methyl sites for hydroxylation is 2. The van der Waals surface area contributed by atoms with Crippen molar-refractivity contribution in [1.29, 1.82) is 0 Å². The molecule has 3 rings (SSSR count). The Labute approximate surface area is 125 Å². The average Bonchev–Trinajstić information content (AvgIpc) is 2.51. The van der Waals surface area contributed by atoms with Gasteiger partial charge in [-0.2, -0.15) is 0 Å². The van der Waals surface area contributed by atoms with E-state index in [0.29, 0.717) is 6.04 Å². The minimum absolute atomic E-state index is 0.0754. The first-order valence-corrected chi connectivity index (χ1v) is 7.83. The highest BCUT2D eigenvalue weighted by molar-refractivity contribution is 5.45. The average molecular weight is 282 g/mol. The van der Waals surface area contributed by atoms with Crippen molar-refractivity contribution in [2.75, 3.05) is 5.32 Å². The summed E-state index contributed by atoms with van der Waals surface area (Å²) in [6.07, 6.45) is 6.44. The van der Waals surface area contributed by atoms with Gasteiger partial charge in [-0.15, -0.1) is 0 Å². The molecular formula is C18H22N2O. The SMILES string of the molecule is CCCn1cc(NC2CCCc3ccccc32)ccc1=O. The number of hydrogen-bond acceptors (Lipinski definition) is 2. The second-order valence-electron chi connectivity index (χ2n) is 5.74. The Morgan fingerprint density at radius 3 is 2.95 bits per heavy atom. The van der Waals surface area contributed by atoms with Gasteiger partial charge in [0.2, 0.25) is 0 Å². The van der Waals surface area contributed by atoms with E-state index in [-0.39, 0.29) is 5.56 Å². The number of hydrogen-bond donors (Lipinski definition) is 1. The van der Waals surface area contributed by atoms with Crippen molar-refractivity contribution in [1.82, 2.24) is 4.57 Å². The maximum Gasteiger partial charge on any atom is 0.250 e. The third-order valence-corrected chi connectivity index (χ3v) is 4.16. The highest BCUT2D eigenvalue weighted by Crippen LogP contribution is 2.32. The second kappa shape index (κ2) is 6.17. The lowest BCUT2D eigenvalue weighted by atomic mass is 9.87. The van der Waals surface area contributed by atoms with E-state index in [0.717, 1.165) is 25.1 Å². The van der Waals surface area contributed by atoms with Gasteiger partial charge in [0.1, 0.15) is 0 Å². The van der Waals surface area contributed by atoms with Gasteiger partial charge in [0.15, 0.2) is 0 Å². The van der Waals surface area contributed by atoms with Gasteiger partial charge < -0.3 is 9.88 Å². The van der Waals surface area contributed by atoms with Gasteiger partial charge in [-0.1, -0.05) is 31.2 Å². The van der Waals surface area contributed by atoms with E-state index in [1.54, 1.807) is 10.6 Å². The predicted octanol–water partition coefficient (Wildman–Crippen LogP) is 3.75. The van der Waals surface area contributed by atoms with Crippen LogP contribution in [0.2, 0.25) is 0 Å². The fraction of sp³-hybridized carbons (Fsp3) is 0.389. The molecule has 1 heterocycles. The topological polar surface area (TPSA) is 34.0 Å². The summed E-state index contributed by atoms with van der Waals surface area (Å²) in [5.41, 5.74) is 3.95. The fourth-order valence-electron chi connectivity index (χ4n) is 3.14. The molecule has 0 bridgehead atoms. The van der Waals surface area contributed by atoms with Crippen LogP contribution in [0.4, 0.5) is 5.69 Å². The van der Waals surface area contributed by atoms with Gasteiger partial charge in [0.05, 0.1) is 11.7 Å². The summed E-state index contributed by atoms with van der Waals surface area (Å²) in [6.45, 7) is 2.86. The maximum absolute atomic E-state index is 11.8. The summed E-state index contributed by atoms with van der Waals surface area (Å²) in [4.78, 5) is 11.8. The van der Waals surface area contributed by atoms with Crippen molar-refractivity contribution in [2.45, 2.75) is 45.2 Å². The van der Waals surface area contributed by atoms with Crippen LogP contribution in [0.5, 0.6) is 0 Å². The molecule has 1 N–H and O–H groups in total. The van der Waals surface area contributed by atoms with E-state index in [2.05, 4.69) is 36.5 Å². The largest absolute Gasteiger partial charge is 0.377 e. The van der Waals surface area contributed by atoms with Crippen LogP contribution in [0.25, 0.3) is 0 Å². The van der Waals surface area contributed by atoms with E-state index in [4.69, 9.17) is 0 Å². The number of nitrogens with zero attached hydrogens (tertiary/aromatic N) is 1. The molecule has 0 spiro atoms. The Morgan fingerprint density at radius 1 is 1.24 bits per heavy atom. The molecule has 2 aromatic rings. The number of rotatable bonds is 4. The third kappa shape index (κ3) is 3.02. The summed E-state index contributed by atoms with van der Waals surface area (Å²) in [7, 11) is 0. The molecule has 0 saturated carbocycles. The summed E-state index contributed by atoms with van der Waals surface area (Å²) in [5, 5.41) is 3.60. The Morgan fingerprint density at radius 2 is 2.10 bits per heavy atom. The molecular weight excluding hydrogens is 260 g/mol. The van der Waals surface area contributed by atoms with Crippen LogP contribution in [0.3, 0.4) is 0 Å². The normalized spacial score (nSPS) is 17.3. The number of pyridine rings is 1. The highest BCUT2D eigenvalue weighted by atomic mass is 16.1. The predicted molar refractivity (Wildman–Crippen MR) is 86.7 cm³/mol. The molecule has 21 heavy (non-hydrogen) atoms. The lowest BCUT2D eigenvalue weighted by molar-refractivity contribution is 0.597. The smallest absolute Gasteiger partial charge is 0.250 e. The third-order valence-electron chi connectivity index (χ3n) is 4.16. The quantitative estimate of drug-likeness (QED) is 0.926. The molecule has 1 aliphatic carbocycles. The zero-order valence-electron chi connectivity index (χ0n) is 12.5. The zero-order valence-corrected chi connectivity index (χ0v) is 12.5. The number of fused-ring (bicyclic) bond motifs is 1. The summed E-state index contributed by atoms with van der Waals surface area (Å²) < 4.78 is 1.79. The van der Waals surface area contributed by atoms with Crippen LogP contribution in [-0.4, -0.2) is 4.57 Å². The van der Waals surface area contributed by atoms with Crippen molar-refractivity contribution in [3.05, 3.63) is 64.1 Å². The number of benzene rings is 1. The van der Waals surface area contributed by atoms with Crippen LogP contribution in [-0.2, 0) is 13.0 Å². The Kier molecular flexibility index (Phi) is 4.09. The van der Waals surface area contributed by atoms with Crippen molar-refractivity contribution >= 4 is 5.69 Å². The Bertz CT molecular complexity index is 675. The fourth-order valence-corrected chi connectivity index (χ4v) is 3.14. The first-order valence-electron chi connectivity index (χ1n) is 7.83. The number of anilines is 1. The van der Waals surface area contributed by atoms with E-state index in [9.17, 15) is 4.79 Å². The van der Waals surface area contributed by atoms with Crippen LogP contribution in [0, 0.1) is 0 Å². The molecule has 1 aromatic heterocycles. The zero-order chi connectivity index (χ0) is 14.7. The summed E-state index contributed by atoms with van der Waals surface area (Å²) >= 11 is 0. The molecule has 0 saturated heterocycles. The van der Waals surface area contributed by atoms with Crippen molar-refractivity contribution < 1.29 is 0 Å². The van der Waals surface area contributed by atoms with Gasteiger partial charge in [-0.05, 0) is 42.9 Å². The standard InChI is InChI=1S/C18H22N2O/c1-2-12-20-13-15(10-11-18(20)21)19-17-9-5-7-14-6-3-4-8-16(14)17/h3-4,6,8,10-11,13,17,19H,2,5,7,9,12H2,1H3. The minimum atomic E-state index is 0.0754. The summed E-state index contributed by atoms with van der Waals surface area (Å²) in [5.74, 6) is 0. The van der Waals surface area contributed by atoms with Gasteiger partial charge >= 0.3 is 0 Å². The van der Waals surface area contributed by atoms with Gasteiger partial charge in [-0.25, -0.2) is 0 Å². The summed E-state index contributed by atoms with van der Waals surface area (Å²) in [6, 6.07) is 12.6. The van der Waals surface area contributed by atoms with E-state index >= 15 is 0 Å². The van der Waals surface area contributed by atoms with Crippen molar-refractivity contribution in [3.63, 3.8) is 0 Å². The molecule has 0 aliphatic heterocycles. The number of aromatic nitrogens is 1. The first kappa shape index (κ1) is 13.9. The Hall–Kier alpha value is -2.03. The van der Waals surface area contributed by atoms with Crippen molar-refractivity contribution in [2.24, 2.45) is 0 Å². The van der Waals surface area contributed by atoms with Crippen LogP contribution in [0.1, 0.15) is 43.4 Å². The second-order valence-corrected chi connectivity index (χ2v) is 5.74. The monoisotopic (exact) mass is 282 g/mol. The maximum atomic E-state index is 11.8. The lowest BCUT2D eigenvalue weighted by Gasteiger charge is -2.27. The molecule has 1 atom stereocenters. The Balaban J connectivity index is 1.85. The molecule has 110 valence electrons. The van der Waals surface area contributed by atoms with Crippen LogP contribution < -0.4 is 10.9 Å². The molecule has 0 radical (unpaired) electrons. The van der Waals surface area contributed by atoms with Crippen LogP contribution in [0.15, 0.2) is 47.4 Å². The lowest BCUT2D eigenvalue weighted by Crippen LogP contribution is -2.21. The van der Waals surface area contributed by atoms with Crippen molar-refractivity contribution in [3.8, 4) is 0 Å². The van der Waals surface area contributed by atoms with Crippen LogP contribution >= 0.6 is 0 Å². The molecule has 1 aromatic carbocycles. The molecule has 3 nitrogen and oxygen atoms in total. The van der Waals surface area contributed by atoms with Gasteiger partial charge in [0.25, 0.3) is 5.56 Å². The van der Waals surface area contributed by atoms with Gasteiger partial charge in [0, 0.05) is 18.8 Å². The minimum Gasteiger partial charge on any atom is -0.377 e. The van der Waals surface area contributed by atoms with Gasteiger partial charge in [-0.3, -0.25) is 4.79 Å². The first-order chi connectivity index (χ1) is 10.3.